The highest BCUT2D eigenvalue weighted by atomic mass is 35.5. The van der Waals surface area contributed by atoms with Crippen LogP contribution >= 0.6 is 11.6 Å². The SMILES string of the molecule is COc1c(Cl)cc(CC2(O)CC2)c(C)c1OC. The van der Waals surface area contributed by atoms with Crippen LogP contribution in [-0.4, -0.2) is 24.9 Å². The quantitative estimate of drug-likeness (QED) is 0.900. The number of rotatable bonds is 4. The van der Waals surface area contributed by atoms with E-state index in [9.17, 15) is 5.11 Å². The molecule has 1 fully saturated rings. The van der Waals surface area contributed by atoms with Crippen molar-refractivity contribution in [3.05, 3.63) is 22.2 Å². The molecule has 0 spiro atoms. The molecule has 0 aliphatic heterocycles. The molecule has 0 heterocycles. The van der Waals surface area contributed by atoms with Gasteiger partial charge in [-0.2, -0.15) is 0 Å². The number of aliphatic hydroxyl groups is 1. The molecule has 4 heteroatoms. The van der Waals surface area contributed by atoms with Gasteiger partial charge in [-0.3, -0.25) is 0 Å². The van der Waals surface area contributed by atoms with E-state index in [1.54, 1.807) is 14.2 Å². The van der Waals surface area contributed by atoms with Gasteiger partial charge >= 0.3 is 0 Å². The smallest absolute Gasteiger partial charge is 0.179 e. The molecular formula is C13H17ClO3. The topological polar surface area (TPSA) is 38.7 Å². The van der Waals surface area contributed by atoms with Gasteiger partial charge in [0.25, 0.3) is 0 Å². The molecule has 0 aromatic heterocycles. The van der Waals surface area contributed by atoms with Gasteiger partial charge in [0.1, 0.15) is 0 Å². The van der Waals surface area contributed by atoms with Gasteiger partial charge in [0, 0.05) is 6.42 Å². The van der Waals surface area contributed by atoms with Crippen molar-refractivity contribution < 1.29 is 14.6 Å². The molecule has 1 N–H and O–H groups in total. The van der Waals surface area contributed by atoms with Crippen LogP contribution in [0, 0.1) is 6.92 Å². The van der Waals surface area contributed by atoms with E-state index in [2.05, 4.69) is 0 Å². The van der Waals surface area contributed by atoms with Gasteiger partial charge in [-0.05, 0) is 37.0 Å². The van der Waals surface area contributed by atoms with E-state index in [1.807, 2.05) is 13.0 Å². The van der Waals surface area contributed by atoms with E-state index in [-0.39, 0.29) is 0 Å². The standard InChI is InChI=1S/C13H17ClO3/c1-8-9(7-13(15)4-5-13)6-10(14)12(17-3)11(8)16-2/h6,15H,4-5,7H2,1-3H3. The zero-order chi connectivity index (χ0) is 12.6. The van der Waals surface area contributed by atoms with Crippen LogP contribution in [0.4, 0.5) is 0 Å². The summed E-state index contributed by atoms with van der Waals surface area (Å²) < 4.78 is 10.6. The van der Waals surface area contributed by atoms with Gasteiger partial charge in [-0.25, -0.2) is 0 Å². The highest BCUT2D eigenvalue weighted by Crippen LogP contribution is 2.44. The predicted molar refractivity (Wildman–Crippen MR) is 67.2 cm³/mol. The van der Waals surface area contributed by atoms with Crippen LogP contribution in [-0.2, 0) is 6.42 Å². The molecule has 1 aromatic carbocycles. The summed E-state index contributed by atoms with van der Waals surface area (Å²) in [6, 6.07) is 1.86. The Morgan fingerprint density at radius 1 is 1.29 bits per heavy atom. The molecule has 1 saturated carbocycles. The van der Waals surface area contributed by atoms with Crippen LogP contribution in [0.1, 0.15) is 24.0 Å². The zero-order valence-corrected chi connectivity index (χ0v) is 11.1. The maximum atomic E-state index is 9.97. The van der Waals surface area contributed by atoms with E-state index in [0.717, 1.165) is 24.0 Å². The van der Waals surface area contributed by atoms with Crippen LogP contribution in [0.2, 0.25) is 5.02 Å². The summed E-state index contributed by atoms with van der Waals surface area (Å²) in [6.07, 6.45) is 2.34. The normalized spacial score (nSPS) is 16.8. The molecular weight excluding hydrogens is 240 g/mol. The molecule has 0 amide bonds. The molecule has 2 rings (SSSR count). The van der Waals surface area contributed by atoms with Crippen molar-refractivity contribution in [1.82, 2.24) is 0 Å². The van der Waals surface area contributed by atoms with Crippen LogP contribution in [0.15, 0.2) is 6.07 Å². The maximum absolute atomic E-state index is 9.97. The highest BCUT2D eigenvalue weighted by Gasteiger charge is 2.40. The van der Waals surface area contributed by atoms with E-state index >= 15 is 0 Å². The number of hydrogen-bond donors (Lipinski definition) is 1. The molecule has 17 heavy (non-hydrogen) atoms. The van der Waals surface area contributed by atoms with Crippen molar-refractivity contribution in [1.29, 1.82) is 0 Å². The Hall–Kier alpha value is -0.930. The van der Waals surface area contributed by atoms with Crippen molar-refractivity contribution in [2.45, 2.75) is 31.8 Å². The number of hydrogen-bond acceptors (Lipinski definition) is 3. The molecule has 1 aliphatic rings. The van der Waals surface area contributed by atoms with Crippen molar-refractivity contribution in [3.8, 4) is 11.5 Å². The molecule has 0 radical (unpaired) electrons. The van der Waals surface area contributed by atoms with Gasteiger partial charge < -0.3 is 14.6 Å². The fourth-order valence-electron chi connectivity index (χ4n) is 2.05. The lowest BCUT2D eigenvalue weighted by Crippen LogP contribution is -2.12. The van der Waals surface area contributed by atoms with Crippen LogP contribution in [0.5, 0.6) is 11.5 Å². The summed E-state index contributed by atoms with van der Waals surface area (Å²) in [5.41, 5.74) is 1.47. The fraction of sp³-hybridized carbons (Fsp3) is 0.538. The molecule has 1 aromatic rings. The first-order valence-electron chi connectivity index (χ1n) is 5.63. The minimum absolute atomic E-state index is 0.522. The summed E-state index contributed by atoms with van der Waals surface area (Å²) in [5.74, 6) is 1.21. The predicted octanol–water partition coefficient (Wildman–Crippen LogP) is 2.73. The largest absolute Gasteiger partial charge is 0.493 e. The minimum atomic E-state index is -0.534. The first kappa shape index (κ1) is 12.5. The number of halogens is 1. The van der Waals surface area contributed by atoms with Crippen molar-refractivity contribution in [2.24, 2.45) is 0 Å². The second kappa shape index (κ2) is 4.39. The maximum Gasteiger partial charge on any atom is 0.179 e. The molecule has 0 saturated heterocycles. The molecule has 1 aliphatic carbocycles. The van der Waals surface area contributed by atoms with Crippen molar-refractivity contribution in [3.63, 3.8) is 0 Å². The third kappa shape index (κ3) is 2.35. The Morgan fingerprint density at radius 2 is 1.88 bits per heavy atom. The van der Waals surface area contributed by atoms with Crippen LogP contribution in [0.3, 0.4) is 0 Å². The van der Waals surface area contributed by atoms with E-state index in [1.165, 1.54) is 0 Å². The summed E-state index contributed by atoms with van der Waals surface area (Å²) >= 11 is 6.15. The second-order valence-electron chi connectivity index (χ2n) is 4.61. The first-order valence-corrected chi connectivity index (χ1v) is 6.01. The second-order valence-corrected chi connectivity index (χ2v) is 5.02. The summed E-state index contributed by atoms with van der Waals surface area (Å²) in [4.78, 5) is 0. The third-order valence-electron chi connectivity index (χ3n) is 3.30. The van der Waals surface area contributed by atoms with Gasteiger partial charge in [0.05, 0.1) is 24.8 Å². The minimum Gasteiger partial charge on any atom is -0.493 e. The first-order chi connectivity index (χ1) is 8.00. The number of ether oxygens (including phenoxy) is 2. The Balaban J connectivity index is 2.43. The Kier molecular flexibility index (Phi) is 3.23. The van der Waals surface area contributed by atoms with E-state index in [4.69, 9.17) is 21.1 Å². The lowest BCUT2D eigenvalue weighted by Gasteiger charge is -2.17. The molecule has 0 unspecified atom stereocenters. The summed E-state index contributed by atoms with van der Waals surface area (Å²) in [6.45, 7) is 1.96. The lowest BCUT2D eigenvalue weighted by molar-refractivity contribution is 0.150. The van der Waals surface area contributed by atoms with Gasteiger partial charge in [0.2, 0.25) is 0 Å². The van der Waals surface area contributed by atoms with E-state index < -0.39 is 5.60 Å². The zero-order valence-electron chi connectivity index (χ0n) is 10.3. The van der Waals surface area contributed by atoms with Gasteiger partial charge in [0.15, 0.2) is 11.5 Å². The number of benzene rings is 1. The van der Waals surface area contributed by atoms with Crippen LogP contribution < -0.4 is 9.47 Å². The van der Waals surface area contributed by atoms with Crippen LogP contribution in [0.25, 0.3) is 0 Å². The Morgan fingerprint density at radius 3 is 2.35 bits per heavy atom. The Bertz CT molecular complexity index is 439. The highest BCUT2D eigenvalue weighted by molar-refractivity contribution is 6.32. The lowest BCUT2D eigenvalue weighted by atomic mass is 10.00. The fourth-order valence-corrected chi connectivity index (χ4v) is 2.34. The monoisotopic (exact) mass is 256 g/mol. The van der Waals surface area contributed by atoms with Gasteiger partial charge in [-0.1, -0.05) is 11.6 Å². The summed E-state index contributed by atoms with van der Waals surface area (Å²) in [5, 5.41) is 10.5. The van der Waals surface area contributed by atoms with Gasteiger partial charge in [-0.15, -0.1) is 0 Å². The number of methoxy groups -OCH3 is 2. The average molecular weight is 257 g/mol. The van der Waals surface area contributed by atoms with Crippen molar-refractivity contribution in [2.75, 3.05) is 14.2 Å². The van der Waals surface area contributed by atoms with Crippen molar-refractivity contribution >= 4 is 11.6 Å². The average Bonchev–Trinajstić information content (AvgIpc) is 3.00. The molecule has 3 nitrogen and oxygen atoms in total. The Labute approximate surface area is 106 Å². The molecule has 94 valence electrons. The van der Waals surface area contributed by atoms with E-state index in [0.29, 0.717) is 22.9 Å². The molecule has 0 atom stereocenters. The summed E-state index contributed by atoms with van der Waals surface area (Å²) in [7, 11) is 3.16. The third-order valence-corrected chi connectivity index (χ3v) is 3.58. The molecule has 0 bridgehead atoms.